The molecule has 0 atom stereocenters. The van der Waals surface area contributed by atoms with E-state index in [2.05, 4.69) is 308 Å². The highest BCUT2D eigenvalue weighted by Crippen LogP contribution is 2.50. The van der Waals surface area contributed by atoms with Crippen LogP contribution in [0.2, 0.25) is 0 Å². The normalized spacial score (nSPS) is 12.6. The lowest BCUT2D eigenvalue weighted by atomic mass is 9.82. The minimum absolute atomic E-state index is 0.0524. The standard InChI is InChI=1S/C48H32N4.C44H27N3/c1-48(2)40-16-8-7-14-36(40)38-27-33(19-23-41(38)48)45-37-15-9-25-49-47(37)51-46(50-45)30-17-21-34(22-18-30)52-42-24-20-29-10-5-6-13-35(29)44(42)39-26-31-11-3-4-12-32(31)28-43(39)52;1-2-13-29(14-3-1)44-45-38-21-11-10-20-36(38)43(46-44)35-23-25-39(34-19-9-8-18-33(34)35)47-40-24-22-28-12-6-7-17-32(28)42(40)37-26-30-15-4-5-16-31(30)27-41(37)47/h3-28H,1-2H3;1-27H. The number of nitrogens with zero attached hydrogens (tertiary/aromatic N) is 7. The van der Waals surface area contributed by atoms with E-state index in [0.717, 1.165) is 72.5 Å². The van der Waals surface area contributed by atoms with Gasteiger partial charge in [-0.2, -0.15) is 0 Å². The third-order valence-corrected chi connectivity index (χ3v) is 20.8. The van der Waals surface area contributed by atoms with Gasteiger partial charge in [0.15, 0.2) is 17.3 Å². The minimum Gasteiger partial charge on any atom is -0.309 e. The third-order valence-electron chi connectivity index (χ3n) is 20.8. The summed E-state index contributed by atoms with van der Waals surface area (Å²) in [4.78, 5) is 25.2. The molecular formula is C92H59N7. The van der Waals surface area contributed by atoms with Crippen molar-refractivity contribution >= 4 is 119 Å². The SMILES string of the molecule is CC1(C)c2ccccc2-c2cc(-c3nc(-c4ccc(-n5c6cc7ccccc7cc6c6c7ccccc7ccc65)cc4)nc4ncccc34)ccc21.c1ccc(-c2nc(-c3ccc(-n4c5cc6ccccc6cc5c5c6ccccc6ccc54)c4ccccc34)c3ccccc3n2)cc1. The topological polar surface area (TPSA) is 74.3 Å². The van der Waals surface area contributed by atoms with Crippen LogP contribution in [-0.2, 0) is 5.41 Å². The molecule has 1 aliphatic rings. The molecule has 99 heavy (non-hydrogen) atoms. The number of rotatable bonds is 6. The van der Waals surface area contributed by atoms with Crippen molar-refractivity contribution in [1.29, 1.82) is 0 Å². The van der Waals surface area contributed by atoms with Gasteiger partial charge in [-0.05, 0) is 162 Å². The van der Waals surface area contributed by atoms with Gasteiger partial charge in [-0.25, -0.2) is 24.9 Å². The average Bonchev–Trinajstić information content (AvgIpc) is 1.57. The molecule has 462 valence electrons. The van der Waals surface area contributed by atoms with Crippen molar-refractivity contribution in [1.82, 2.24) is 34.1 Å². The van der Waals surface area contributed by atoms with Crippen LogP contribution >= 0.6 is 0 Å². The van der Waals surface area contributed by atoms with E-state index in [4.69, 9.17) is 24.9 Å². The highest BCUT2D eigenvalue weighted by atomic mass is 15.0. The zero-order chi connectivity index (χ0) is 65.5. The molecule has 20 aromatic rings. The molecule has 7 nitrogen and oxygen atoms in total. The average molecular weight is 1260 g/mol. The first-order valence-corrected chi connectivity index (χ1v) is 33.9. The maximum atomic E-state index is 5.26. The number of aromatic nitrogens is 7. The highest BCUT2D eigenvalue weighted by Gasteiger charge is 2.35. The van der Waals surface area contributed by atoms with Crippen LogP contribution in [-0.4, -0.2) is 34.1 Å². The molecule has 0 unspecified atom stereocenters. The summed E-state index contributed by atoms with van der Waals surface area (Å²) < 4.78 is 4.86. The van der Waals surface area contributed by atoms with Crippen LogP contribution in [0.1, 0.15) is 25.0 Å². The summed E-state index contributed by atoms with van der Waals surface area (Å²) in [6.07, 6.45) is 1.81. The number of benzene rings is 15. The van der Waals surface area contributed by atoms with Gasteiger partial charge >= 0.3 is 0 Å². The number of fused-ring (bicyclic) bond motifs is 18. The molecule has 0 spiro atoms. The Kier molecular flexibility index (Phi) is 12.6. The van der Waals surface area contributed by atoms with Crippen molar-refractivity contribution in [2.24, 2.45) is 0 Å². The van der Waals surface area contributed by atoms with Gasteiger partial charge in [0.05, 0.1) is 44.7 Å². The van der Waals surface area contributed by atoms with Crippen LogP contribution in [0.4, 0.5) is 0 Å². The summed E-state index contributed by atoms with van der Waals surface area (Å²) in [6, 6.07) is 113. The van der Waals surface area contributed by atoms with Crippen molar-refractivity contribution in [2.45, 2.75) is 19.3 Å². The van der Waals surface area contributed by atoms with Crippen LogP contribution in [0.25, 0.3) is 187 Å². The van der Waals surface area contributed by atoms with Crippen molar-refractivity contribution in [2.75, 3.05) is 0 Å². The van der Waals surface area contributed by atoms with Gasteiger partial charge in [0, 0.05) is 77.3 Å². The second kappa shape index (κ2) is 22.0. The molecule has 5 aromatic heterocycles. The Labute approximate surface area is 569 Å². The van der Waals surface area contributed by atoms with Crippen molar-refractivity contribution in [3.05, 3.63) is 333 Å². The largest absolute Gasteiger partial charge is 0.309 e. The fourth-order valence-corrected chi connectivity index (χ4v) is 16.1. The lowest BCUT2D eigenvalue weighted by Crippen LogP contribution is -2.14. The first-order chi connectivity index (χ1) is 48.8. The van der Waals surface area contributed by atoms with Gasteiger partial charge in [0.25, 0.3) is 0 Å². The van der Waals surface area contributed by atoms with Gasteiger partial charge in [-0.3, -0.25) is 0 Å². The molecule has 0 radical (unpaired) electrons. The van der Waals surface area contributed by atoms with E-state index < -0.39 is 0 Å². The Balaban J connectivity index is 0.000000135. The van der Waals surface area contributed by atoms with Crippen molar-refractivity contribution in [3.8, 4) is 67.8 Å². The Bertz CT molecular complexity index is 6760. The van der Waals surface area contributed by atoms with E-state index in [1.807, 2.05) is 36.5 Å². The maximum Gasteiger partial charge on any atom is 0.163 e. The Morgan fingerprint density at radius 3 is 1.49 bits per heavy atom. The van der Waals surface area contributed by atoms with Crippen LogP contribution in [0, 0.1) is 0 Å². The molecule has 1 aliphatic carbocycles. The number of hydrogen-bond donors (Lipinski definition) is 0. The van der Waals surface area contributed by atoms with E-state index in [9.17, 15) is 0 Å². The van der Waals surface area contributed by atoms with Crippen molar-refractivity contribution in [3.63, 3.8) is 0 Å². The van der Waals surface area contributed by atoms with Crippen LogP contribution in [0.5, 0.6) is 0 Å². The molecule has 0 saturated heterocycles. The predicted octanol–water partition coefficient (Wildman–Crippen LogP) is 23.6. The summed E-state index contributed by atoms with van der Waals surface area (Å²) in [5.74, 6) is 1.39. The fraction of sp³-hybridized carbons (Fsp3) is 0.0326. The number of para-hydroxylation sites is 1. The summed E-state index contributed by atoms with van der Waals surface area (Å²) in [5, 5.41) is 19.4. The molecule has 7 heteroatoms. The first kappa shape index (κ1) is 56.4. The molecule has 0 saturated carbocycles. The molecule has 15 aromatic carbocycles. The second-order valence-corrected chi connectivity index (χ2v) is 26.7. The highest BCUT2D eigenvalue weighted by molar-refractivity contribution is 6.25. The molecule has 0 bridgehead atoms. The monoisotopic (exact) mass is 1260 g/mol. The van der Waals surface area contributed by atoms with Crippen LogP contribution in [0.3, 0.4) is 0 Å². The molecular weight excluding hydrogens is 1200 g/mol. The molecule has 0 fully saturated rings. The van der Waals surface area contributed by atoms with Crippen LogP contribution < -0.4 is 0 Å². The first-order valence-electron chi connectivity index (χ1n) is 33.9. The Morgan fingerprint density at radius 2 is 0.798 bits per heavy atom. The summed E-state index contributed by atoms with van der Waals surface area (Å²) in [7, 11) is 0. The molecule has 0 aliphatic heterocycles. The minimum atomic E-state index is -0.0524. The van der Waals surface area contributed by atoms with E-state index >= 15 is 0 Å². The maximum absolute atomic E-state index is 5.26. The lowest BCUT2D eigenvalue weighted by Gasteiger charge is -2.21. The molecule has 5 heterocycles. The van der Waals surface area contributed by atoms with E-state index in [-0.39, 0.29) is 5.41 Å². The number of hydrogen-bond acceptors (Lipinski definition) is 5. The number of pyridine rings is 1. The smallest absolute Gasteiger partial charge is 0.163 e. The molecule has 21 rings (SSSR count). The fourth-order valence-electron chi connectivity index (χ4n) is 16.1. The quantitative estimate of drug-likeness (QED) is 0.166. The lowest BCUT2D eigenvalue weighted by molar-refractivity contribution is 0.660. The third kappa shape index (κ3) is 8.87. The second-order valence-electron chi connectivity index (χ2n) is 26.7. The van der Waals surface area contributed by atoms with Gasteiger partial charge < -0.3 is 9.13 Å². The Hall–Kier alpha value is -13.0. The summed E-state index contributed by atoms with van der Waals surface area (Å²) in [5.41, 5.74) is 19.8. The van der Waals surface area contributed by atoms with Gasteiger partial charge in [-0.1, -0.05) is 238 Å². The van der Waals surface area contributed by atoms with Gasteiger partial charge in [0.1, 0.15) is 0 Å². The molecule has 0 amide bonds. The van der Waals surface area contributed by atoms with Gasteiger partial charge in [-0.15, -0.1) is 0 Å². The van der Waals surface area contributed by atoms with Gasteiger partial charge in [0.2, 0.25) is 0 Å². The zero-order valence-electron chi connectivity index (χ0n) is 54.2. The van der Waals surface area contributed by atoms with Crippen LogP contribution in [0.15, 0.2) is 322 Å². The summed E-state index contributed by atoms with van der Waals surface area (Å²) in [6.45, 7) is 4.62. The van der Waals surface area contributed by atoms with Crippen molar-refractivity contribution < 1.29 is 0 Å². The van der Waals surface area contributed by atoms with E-state index in [0.29, 0.717) is 11.5 Å². The zero-order valence-corrected chi connectivity index (χ0v) is 54.2. The molecule has 0 N–H and O–H groups in total. The Morgan fingerprint density at radius 1 is 0.283 bits per heavy atom. The van der Waals surface area contributed by atoms with E-state index in [1.165, 1.54) is 114 Å². The summed E-state index contributed by atoms with van der Waals surface area (Å²) >= 11 is 0. The van der Waals surface area contributed by atoms with E-state index in [1.54, 1.807) is 0 Å². The predicted molar refractivity (Wildman–Crippen MR) is 412 cm³/mol.